The van der Waals surface area contributed by atoms with Gasteiger partial charge in [0.15, 0.2) is 23.1 Å². The molecule has 2 amide bonds. The van der Waals surface area contributed by atoms with E-state index in [1.165, 1.54) is 13.2 Å². The van der Waals surface area contributed by atoms with Crippen molar-refractivity contribution in [3.05, 3.63) is 54.6 Å². The Balaban J connectivity index is 1.74. The molecule has 0 spiro atoms. The molecule has 1 fully saturated rings. The van der Waals surface area contributed by atoms with Gasteiger partial charge < -0.3 is 9.84 Å². The number of benzene rings is 1. The summed E-state index contributed by atoms with van der Waals surface area (Å²) in [6, 6.07) is 3.42. The number of aromatic hydroxyl groups is 1. The van der Waals surface area contributed by atoms with Crippen molar-refractivity contribution in [1.82, 2.24) is 5.32 Å². The Morgan fingerprint density at radius 1 is 1.16 bits per heavy atom. The second-order valence-corrected chi connectivity index (χ2v) is 10.3. The van der Waals surface area contributed by atoms with E-state index in [0.717, 1.165) is 5.57 Å². The van der Waals surface area contributed by atoms with Crippen molar-refractivity contribution in [1.29, 1.82) is 0 Å². The van der Waals surface area contributed by atoms with Crippen LogP contribution in [0.2, 0.25) is 0 Å². The van der Waals surface area contributed by atoms with Gasteiger partial charge in [0.05, 0.1) is 27.0 Å². The van der Waals surface area contributed by atoms with Crippen LogP contribution in [0.3, 0.4) is 0 Å². The minimum Gasteiger partial charge on any atom is -0.504 e. The van der Waals surface area contributed by atoms with E-state index in [0.29, 0.717) is 26.7 Å². The lowest BCUT2D eigenvalue weighted by molar-refractivity contribution is -0.126. The number of phenols is 1. The molecule has 5 rings (SSSR count). The summed E-state index contributed by atoms with van der Waals surface area (Å²) in [6.45, 7) is 0. The Bertz CT molecular complexity index is 1230. The molecule has 164 valence electrons. The standard InChI is InChI=1S/C23H17BrINO6/c1-32-16-5-8(4-14(25)21(16)29)17-9-2-3-10-18(23(31)26-22(10)30)11(9)6-12-19(17)15(27)7-13(24)20(12)28/h2,4-5,7,10-11,17-18,29H,3,6H2,1H3,(H,26,30,31)/t10-,11+,17-,18-/m0/s1. The molecule has 1 aliphatic heterocycles. The average molecular weight is 610 g/mol. The zero-order chi connectivity index (χ0) is 22.9. The average Bonchev–Trinajstić information content (AvgIpc) is 3.06. The fourth-order valence-electron chi connectivity index (χ4n) is 5.41. The molecule has 9 heteroatoms. The zero-order valence-corrected chi connectivity index (χ0v) is 20.5. The number of hydrogen-bond donors (Lipinski definition) is 2. The van der Waals surface area contributed by atoms with Gasteiger partial charge in [-0.15, -0.1) is 0 Å². The zero-order valence-electron chi connectivity index (χ0n) is 16.8. The molecule has 0 bridgehead atoms. The van der Waals surface area contributed by atoms with Gasteiger partial charge in [-0.1, -0.05) is 11.6 Å². The fraction of sp³-hybridized carbons (Fsp3) is 0.304. The number of nitrogens with one attached hydrogen (secondary N) is 1. The molecule has 4 atom stereocenters. The van der Waals surface area contributed by atoms with Crippen LogP contribution in [0.15, 0.2) is 45.5 Å². The van der Waals surface area contributed by atoms with E-state index in [4.69, 9.17) is 4.74 Å². The first-order chi connectivity index (χ1) is 15.2. The van der Waals surface area contributed by atoms with Gasteiger partial charge in [-0.05, 0) is 75.0 Å². The Morgan fingerprint density at radius 2 is 1.91 bits per heavy atom. The van der Waals surface area contributed by atoms with Crippen LogP contribution in [0.5, 0.6) is 11.5 Å². The van der Waals surface area contributed by atoms with Gasteiger partial charge in [0, 0.05) is 23.1 Å². The SMILES string of the molecule is COc1cc([C@H]2C3=CC[C@@H]4C(=O)NC(=O)[C@@H]4[C@@H]3CC3=C2C(=O)C=C(Br)C3=O)cc(I)c1O. The summed E-state index contributed by atoms with van der Waals surface area (Å²) in [5.41, 5.74) is 2.29. The number of imide groups is 1. The van der Waals surface area contributed by atoms with Gasteiger partial charge in [0.25, 0.3) is 0 Å². The second-order valence-electron chi connectivity index (χ2n) is 8.30. The molecule has 1 saturated heterocycles. The predicted octanol–water partition coefficient (Wildman–Crippen LogP) is 3.06. The predicted molar refractivity (Wildman–Crippen MR) is 125 cm³/mol. The number of carbonyl (C=O) groups is 4. The van der Waals surface area contributed by atoms with Crippen LogP contribution in [0.1, 0.15) is 24.3 Å². The summed E-state index contributed by atoms with van der Waals surface area (Å²) in [5, 5.41) is 12.7. The van der Waals surface area contributed by atoms with Crippen molar-refractivity contribution in [2.24, 2.45) is 17.8 Å². The number of amides is 2. The normalized spacial score (nSPS) is 29.1. The minimum atomic E-state index is -0.579. The maximum absolute atomic E-state index is 13.1. The molecule has 0 radical (unpaired) electrons. The molecule has 1 aromatic rings. The van der Waals surface area contributed by atoms with Crippen molar-refractivity contribution in [2.75, 3.05) is 7.11 Å². The van der Waals surface area contributed by atoms with E-state index < -0.39 is 17.8 Å². The van der Waals surface area contributed by atoms with Crippen LogP contribution in [0.4, 0.5) is 0 Å². The Kier molecular flexibility index (Phi) is 5.16. The highest BCUT2D eigenvalue weighted by molar-refractivity contribution is 14.1. The van der Waals surface area contributed by atoms with Gasteiger partial charge in [0.1, 0.15) is 0 Å². The summed E-state index contributed by atoms with van der Waals surface area (Å²) in [4.78, 5) is 51.2. The maximum Gasteiger partial charge on any atom is 0.231 e. The van der Waals surface area contributed by atoms with Gasteiger partial charge in [-0.3, -0.25) is 24.5 Å². The molecular weight excluding hydrogens is 593 g/mol. The number of rotatable bonds is 2. The smallest absolute Gasteiger partial charge is 0.231 e. The van der Waals surface area contributed by atoms with E-state index >= 15 is 0 Å². The van der Waals surface area contributed by atoms with Gasteiger partial charge in [-0.2, -0.15) is 0 Å². The number of allylic oxidation sites excluding steroid dienone is 6. The number of Topliss-reactive ketones (excluding diaryl/α,β-unsaturated/α-hetero) is 1. The summed E-state index contributed by atoms with van der Waals surface area (Å²) in [6.07, 6.45) is 3.84. The third-order valence-corrected chi connectivity index (χ3v) is 8.19. The number of ketones is 2. The number of halogens is 2. The van der Waals surface area contributed by atoms with Crippen molar-refractivity contribution >= 4 is 61.9 Å². The molecule has 2 N–H and O–H groups in total. The molecule has 32 heavy (non-hydrogen) atoms. The number of methoxy groups -OCH3 is 1. The summed E-state index contributed by atoms with van der Waals surface area (Å²) < 4.78 is 6.05. The van der Waals surface area contributed by atoms with Crippen molar-refractivity contribution in [3.8, 4) is 11.5 Å². The fourth-order valence-corrected chi connectivity index (χ4v) is 6.49. The Hall–Kier alpha value is -2.27. The Labute approximate surface area is 205 Å². The van der Waals surface area contributed by atoms with E-state index in [-0.39, 0.29) is 51.7 Å². The lowest BCUT2D eigenvalue weighted by Gasteiger charge is -2.42. The molecule has 0 unspecified atom stereocenters. The van der Waals surface area contributed by atoms with E-state index in [2.05, 4.69) is 21.2 Å². The summed E-state index contributed by atoms with van der Waals surface area (Å²) >= 11 is 5.18. The van der Waals surface area contributed by atoms with Crippen LogP contribution < -0.4 is 10.1 Å². The molecule has 7 nitrogen and oxygen atoms in total. The number of fused-ring (bicyclic) bond motifs is 3. The number of hydrogen-bond acceptors (Lipinski definition) is 6. The summed E-state index contributed by atoms with van der Waals surface area (Å²) in [7, 11) is 1.44. The molecule has 0 saturated carbocycles. The molecule has 1 heterocycles. The first kappa shape index (κ1) is 21.6. The molecule has 1 aromatic carbocycles. The lowest BCUT2D eigenvalue weighted by Crippen LogP contribution is -2.39. The van der Waals surface area contributed by atoms with E-state index in [1.807, 2.05) is 28.7 Å². The lowest BCUT2D eigenvalue weighted by atomic mass is 9.59. The third kappa shape index (κ3) is 3.04. The molecular formula is C23H17BrINO6. The largest absolute Gasteiger partial charge is 0.504 e. The van der Waals surface area contributed by atoms with Crippen molar-refractivity contribution < 1.29 is 29.0 Å². The highest BCUT2D eigenvalue weighted by Gasteiger charge is 2.53. The number of carbonyl (C=O) groups excluding carboxylic acids is 4. The number of phenolic OH excluding ortho intramolecular Hbond substituents is 1. The van der Waals surface area contributed by atoms with Gasteiger partial charge >= 0.3 is 0 Å². The summed E-state index contributed by atoms with van der Waals surface area (Å²) in [5.74, 6) is -2.94. The van der Waals surface area contributed by atoms with E-state index in [1.54, 1.807) is 12.1 Å². The van der Waals surface area contributed by atoms with Crippen LogP contribution in [-0.2, 0) is 19.2 Å². The first-order valence-corrected chi connectivity index (χ1v) is 11.9. The van der Waals surface area contributed by atoms with Crippen LogP contribution >= 0.6 is 38.5 Å². The second kappa shape index (κ2) is 7.65. The van der Waals surface area contributed by atoms with Gasteiger partial charge in [-0.25, -0.2) is 0 Å². The molecule has 4 aliphatic rings. The first-order valence-electron chi connectivity index (χ1n) is 10.0. The third-order valence-electron chi connectivity index (χ3n) is 6.78. The van der Waals surface area contributed by atoms with Crippen LogP contribution in [0, 0.1) is 21.3 Å². The van der Waals surface area contributed by atoms with Crippen molar-refractivity contribution in [2.45, 2.75) is 18.8 Å². The number of ether oxygens (including phenoxy) is 1. The highest BCUT2D eigenvalue weighted by atomic mass is 127. The molecule has 3 aliphatic carbocycles. The highest BCUT2D eigenvalue weighted by Crippen LogP contribution is 2.55. The maximum atomic E-state index is 13.1. The van der Waals surface area contributed by atoms with Gasteiger partial charge in [0.2, 0.25) is 11.8 Å². The minimum absolute atomic E-state index is 0.00875. The van der Waals surface area contributed by atoms with E-state index in [9.17, 15) is 24.3 Å². The van der Waals surface area contributed by atoms with Crippen LogP contribution in [0.25, 0.3) is 0 Å². The monoisotopic (exact) mass is 609 g/mol. The quantitative estimate of drug-likeness (QED) is 0.231. The Morgan fingerprint density at radius 3 is 2.62 bits per heavy atom. The topological polar surface area (TPSA) is 110 Å². The van der Waals surface area contributed by atoms with Crippen molar-refractivity contribution in [3.63, 3.8) is 0 Å². The molecule has 0 aromatic heterocycles. The van der Waals surface area contributed by atoms with Crippen LogP contribution in [-0.4, -0.2) is 35.6 Å².